The number of hydrogen-bond donors (Lipinski definition) is 2. The minimum atomic E-state index is -0.243. The highest BCUT2D eigenvalue weighted by molar-refractivity contribution is 5.87. The Kier molecular flexibility index (Phi) is 2.11. The Morgan fingerprint density at radius 3 is 2.67 bits per heavy atom. The van der Waals surface area contributed by atoms with E-state index >= 15 is 0 Å². The summed E-state index contributed by atoms with van der Waals surface area (Å²) in [5.41, 5.74) is 0.218. The fourth-order valence-corrected chi connectivity index (χ4v) is 1.64. The number of aromatic hydroxyl groups is 2. The third kappa shape index (κ3) is 1.34. The van der Waals surface area contributed by atoms with Crippen molar-refractivity contribution in [1.29, 1.82) is 0 Å². The summed E-state index contributed by atoms with van der Waals surface area (Å²) in [6.45, 7) is 2.52. The minimum absolute atomic E-state index is 0.162. The van der Waals surface area contributed by atoms with Gasteiger partial charge in [0.15, 0.2) is 16.9 Å². The van der Waals surface area contributed by atoms with E-state index in [1.54, 1.807) is 10.8 Å². The number of fused-ring (bicyclic) bond motifs is 1. The van der Waals surface area contributed by atoms with Crippen molar-refractivity contribution in [3.63, 3.8) is 0 Å². The molecule has 0 unspecified atom stereocenters. The van der Waals surface area contributed by atoms with Gasteiger partial charge < -0.3 is 14.8 Å². The molecule has 1 aromatic heterocycles. The summed E-state index contributed by atoms with van der Waals surface area (Å²) >= 11 is 0. The van der Waals surface area contributed by atoms with Crippen molar-refractivity contribution in [2.75, 3.05) is 0 Å². The Morgan fingerprint density at radius 1 is 1.27 bits per heavy atom. The van der Waals surface area contributed by atoms with Gasteiger partial charge in [-0.1, -0.05) is 0 Å². The molecule has 2 aromatic rings. The molecule has 1 heterocycles. The lowest BCUT2D eigenvalue weighted by Gasteiger charge is -2.09. The minimum Gasteiger partial charge on any atom is -0.504 e. The van der Waals surface area contributed by atoms with Gasteiger partial charge in [0.1, 0.15) is 0 Å². The second-order valence-corrected chi connectivity index (χ2v) is 3.30. The molecule has 2 rings (SSSR count). The van der Waals surface area contributed by atoms with Gasteiger partial charge in [-0.3, -0.25) is 4.79 Å². The van der Waals surface area contributed by atoms with Crippen LogP contribution in [0.5, 0.6) is 11.5 Å². The fourth-order valence-electron chi connectivity index (χ4n) is 1.64. The summed E-state index contributed by atoms with van der Waals surface area (Å²) in [6.07, 6.45) is 1.60. The zero-order valence-electron chi connectivity index (χ0n) is 8.27. The molecule has 0 spiro atoms. The number of rotatable bonds is 1. The van der Waals surface area contributed by atoms with Crippen LogP contribution in [-0.4, -0.2) is 14.8 Å². The summed E-state index contributed by atoms with van der Waals surface area (Å²) in [7, 11) is 0. The number of benzene rings is 1. The van der Waals surface area contributed by atoms with Gasteiger partial charge >= 0.3 is 0 Å². The number of pyridine rings is 1. The number of nitrogens with zero attached hydrogens (tertiary/aromatic N) is 1. The van der Waals surface area contributed by atoms with Crippen LogP contribution in [0.2, 0.25) is 0 Å². The number of phenols is 2. The SMILES string of the molecule is CCn1ccc(=O)c2ccc(O)c(O)c21. The van der Waals surface area contributed by atoms with Crippen LogP contribution in [0.25, 0.3) is 10.9 Å². The van der Waals surface area contributed by atoms with Crippen molar-refractivity contribution in [1.82, 2.24) is 4.57 Å². The maximum Gasteiger partial charge on any atom is 0.189 e. The molecular formula is C11H11NO3. The van der Waals surface area contributed by atoms with E-state index in [1.807, 2.05) is 6.92 Å². The van der Waals surface area contributed by atoms with Gasteiger partial charge in [-0.15, -0.1) is 0 Å². The van der Waals surface area contributed by atoms with Gasteiger partial charge in [0, 0.05) is 24.2 Å². The number of hydrogen-bond acceptors (Lipinski definition) is 3. The highest BCUT2D eigenvalue weighted by Crippen LogP contribution is 2.31. The van der Waals surface area contributed by atoms with Crippen molar-refractivity contribution in [3.8, 4) is 11.5 Å². The Balaban J connectivity index is 3.02. The summed E-state index contributed by atoms with van der Waals surface area (Å²) < 4.78 is 1.71. The molecule has 0 saturated heterocycles. The van der Waals surface area contributed by atoms with E-state index in [0.29, 0.717) is 17.4 Å². The molecule has 0 aliphatic heterocycles. The maximum atomic E-state index is 11.5. The van der Waals surface area contributed by atoms with Gasteiger partial charge in [-0.05, 0) is 19.1 Å². The summed E-state index contributed by atoms with van der Waals surface area (Å²) in [6, 6.07) is 4.28. The number of aromatic nitrogens is 1. The van der Waals surface area contributed by atoms with Crippen LogP contribution in [0.15, 0.2) is 29.2 Å². The Morgan fingerprint density at radius 2 is 2.00 bits per heavy atom. The predicted molar refractivity (Wildman–Crippen MR) is 57.2 cm³/mol. The quantitative estimate of drug-likeness (QED) is 0.692. The van der Waals surface area contributed by atoms with Crippen LogP contribution in [0.3, 0.4) is 0 Å². The average Bonchev–Trinajstić information content (AvgIpc) is 2.24. The summed E-state index contributed by atoms with van der Waals surface area (Å²) in [4.78, 5) is 11.5. The summed E-state index contributed by atoms with van der Waals surface area (Å²) in [5, 5.41) is 19.5. The Bertz CT molecular complexity index is 572. The zero-order chi connectivity index (χ0) is 11.0. The largest absolute Gasteiger partial charge is 0.504 e. The third-order valence-electron chi connectivity index (χ3n) is 2.43. The Labute approximate surface area is 86.0 Å². The van der Waals surface area contributed by atoms with Crippen molar-refractivity contribution in [2.24, 2.45) is 0 Å². The van der Waals surface area contributed by atoms with Gasteiger partial charge in [0.2, 0.25) is 0 Å². The Hall–Kier alpha value is -1.97. The lowest BCUT2D eigenvalue weighted by atomic mass is 10.2. The monoisotopic (exact) mass is 205 g/mol. The molecule has 0 bridgehead atoms. The van der Waals surface area contributed by atoms with E-state index in [1.165, 1.54) is 18.2 Å². The molecule has 15 heavy (non-hydrogen) atoms. The van der Waals surface area contributed by atoms with E-state index in [0.717, 1.165) is 0 Å². The lowest BCUT2D eigenvalue weighted by Crippen LogP contribution is -2.06. The second kappa shape index (κ2) is 3.31. The fraction of sp³-hybridized carbons (Fsp3) is 0.182. The van der Waals surface area contributed by atoms with Crippen molar-refractivity contribution in [3.05, 3.63) is 34.6 Å². The topological polar surface area (TPSA) is 62.5 Å². The lowest BCUT2D eigenvalue weighted by molar-refractivity contribution is 0.406. The molecule has 2 N–H and O–H groups in total. The summed E-state index contributed by atoms with van der Waals surface area (Å²) in [5.74, 6) is -0.456. The molecule has 0 fully saturated rings. The van der Waals surface area contributed by atoms with Crippen LogP contribution in [0, 0.1) is 0 Å². The average molecular weight is 205 g/mol. The van der Waals surface area contributed by atoms with Gasteiger partial charge in [0.25, 0.3) is 0 Å². The van der Waals surface area contributed by atoms with Gasteiger partial charge in [-0.25, -0.2) is 0 Å². The first-order valence-electron chi connectivity index (χ1n) is 4.69. The first-order valence-corrected chi connectivity index (χ1v) is 4.69. The molecule has 4 nitrogen and oxygen atoms in total. The third-order valence-corrected chi connectivity index (χ3v) is 2.43. The number of aryl methyl sites for hydroxylation is 1. The smallest absolute Gasteiger partial charge is 0.189 e. The van der Waals surface area contributed by atoms with E-state index < -0.39 is 0 Å². The molecule has 0 radical (unpaired) electrons. The van der Waals surface area contributed by atoms with E-state index in [4.69, 9.17) is 0 Å². The normalized spacial score (nSPS) is 10.7. The predicted octanol–water partition coefficient (Wildman–Crippen LogP) is 1.43. The van der Waals surface area contributed by atoms with Gasteiger partial charge in [0.05, 0.1) is 5.52 Å². The van der Waals surface area contributed by atoms with E-state index in [9.17, 15) is 15.0 Å². The van der Waals surface area contributed by atoms with E-state index in [2.05, 4.69) is 0 Å². The molecule has 0 amide bonds. The van der Waals surface area contributed by atoms with Crippen LogP contribution in [-0.2, 0) is 6.54 Å². The van der Waals surface area contributed by atoms with Crippen LogP contribution >= 0.6 is 0 Å². The zero-order valence-corrected chi connectivity index (χ0v) is 8.27. The molecule has 0 atom stereocenters. The van der Waals surface area contributed by atoms with Crippen LogP contribution in [0.1, 0.15) is 6.92 Å². The van der Waals surface area contributed by atoms with Crippen LogP contribution < -0.4 is 5.43 Å². The van der Waals surface area contributed by atoms with E-state index in [-0.39, 0.29) is 16.9 Å². The van der Waals surface area contributed by atoms with Crippen LogP contribution in [0.4, 0.5) is 0 Å². The standard InChI is InChI=1S/C11H11NO3/c1-2-12-6-5-8(13)7-3-4-9(14)11(15)10(7)12/h3-6,14-15H,2H2,1H3. The van der Waals surface area contributed by atoms with Crippen molar-refractivity contribution >= 4 is 10.9 Å². The molecule has 0 saturated carbocycles. The number of phenolic OH excluding ortho intramolecular Hbond substituents is 2. The van der Waals surface area contributed by atoms with Gasteiger partial charge in [-0.2, -0.15) is 0 Å². The second-order valence-electron chi connectivity index (χ2n) is 3.30. The first kappa shape index (κ1) is 9.58. The van der Waals surface area contributed by atoms with Crippen molar-refractivity contribution in [2.45, 2.75) is 13.5 Å². The highest BCUT2D eigenvalue weighted by atomic mass is 16.3. The molecule has 0 aliphatic carbocycles. The molecule has 78 valence electrons. The maximum absolute atomic E-state index is 11.5. The first-order chi connectivity index (χ1) is 7.15. The molecule has 4 heteroatoms. The molecular weight excluding hydrogens is 194 g/mol. The highest BCUT2D eigenvalue weighted by Gasteiger charge is 2.10. The molecule has 1 aromatic carbocycles. The molecule has 0 aliphatic rings. The van der Waals surface area contributed by atoms with Crippen molar-refractivity contribution < 1.29 is 10.2 Å².